The van der Waals surface area contributed by atoms with Crippen LogP contribution in [0.1, 0.15) is 39.5 Å². The maximum Gasteiger partial charge on any atom is 0.307 e. The molecular formula is C11H23ClN2O3. The molecule has 0 heterocycles. The monoisotopic (exact) mass is 266 g/mol. The first kappa shape index (κ1) is 18.6. The van der Waals surface area contributed by atoms with Gasteiger partial charge in [0, 0.05) is 18.5 Å². The molecule has 6 heteroatoms. The lowest BCUT2D eigenvalue weighted by atomic mass is 9.88. The third kappa shape index (κ3) is 6.48. The van der Waals surface area contributed by atoms with Crippen molar-refractivity contribution >= 4 is 24.3 Å². The Hall–Kier alpha value is -0.810. The van der Waals surface area contributed by atoms with Gasteiger partial charge < -0.3 is 15.8 Å². The Balaban J connectivity index is 0. The number of amides is 1. The molecule has 1 amide bonds. The second-order valence-electron chi connectivity index (χ2n) is 3.83. The molecule has 0 aromatic heterocycles. The van der Waals surface area contributed by atoms with Gasteiger partial charge in [-0.1, -0.05) is 13.8 Å². The summed E-state index contributed by atoms with van der Waals surface area (Å²) in [7, 11) is 1.35. The molecule has 0 saturated heterocycles. The molecule has 0 aromatic carbocycles. The largest absolute Gasteiger partial charge is 0.469 e. The summed E-state index contributed by atoms with van der Waals surface area (Å²) in [6, 6.07) is 0. The number of carbonyl (C=O) groups excluding carboxylic acids is 2. The van der Waals surface area contributed by atoms with Crippen LogP contribution >= 0.6 is 12.4 Å². The van der Waals surface area contributed by atoms with E-state index < -0.39 is 5.54 Å². The van der Waals surface area contributed by atoms with Gasteiger partial charge >= 0.3 is 5.97 Å². The number of esters is 1. The minimum atomic E-state index is -0.501. The Morgan fingerprint density at radius 3 is 2.18 bits per heavy atom. The van der Waals surface area contributed by atoms with Crippen molar-refractivity contribution in [1.29, 1.82) is 0 Å². The number of carbonyl (C=O) groups is 2. The van der Waals surface area contributed by atoms with Crippen LogP contribution in [0.4, 0.5) is 0 Å². The predicted molar refractivity (Wildman–Crippen MR) is 69.0 cm³/mol. The first-order valence-electron chi connectivity index (χ1n) is 5.61. The molecule has 0 aliphatic rings. The number of ether oxygens (including phenoxy) is 1. The van der Waals surface area contributed by atoms with E-state index in [0.717, 1.165) is 0 Å². The van der Waals surface area contributed by atoms with Crippen molar-refractivity contribution in [2.24, 2.45) is 5.73 Å². The van der Waals surface area contributed by atoms with E-state index in [1.54, 1.807) is 0 Å². The molecule has 0 spiro atoms. The third-order valence-corrected chi connectivity index (χ3v) is 2.84. The van der Waals surface area contributed by atoms with Gasteiger partial charge in [0.05, 0.1) is 13.5 Å². The molecule has 0 radical (unpaired) electrons. The van der Waals surface area contributed by atoms with Crippen LogP contribution in [0.3, 0.4) is 0 Å². The zero-order valence-electron chi connectivity index (χ0n) is 10.7. The summed E-state index contributed by atoms with van der Waals surface area (Å²) in [5.74, 6) is -0.424. The Morgan fingerprint density at radius 1 is 1.29 bits per heavy atom. The summed E-state index contributed by atoms with van der Waals surface area (Å²) in [6.45, 7) is 4.19. The maximum absolute atomic E-state index is 11.5. The molecule has 0 aliphatic carbocycles. The van der Waals surface area contributed by atoms with Gasteiger partial charge in [-0.2, -0.15) is 0 Å². The minimum absolute atomic E-state index is 0. The zero-order valence-corrected chi connectivity index (χ0v) is 11.6. The number of nitrogens with one attached hydrogen (secondary N) is 1. The average molecular weight is 267 g/mol. The summed E-state index contributed by atoms with van der Waals surface area (Å²) in [5, 5.41) is 2.88. The molecule has 3 N–H and O–H groups in total. The topological polar surface area (TPSA) is 81.4 Å². The highest BCUT2D eigenvalue weighted by Gasteiger charge is 2.31. The van der Waals surface area contributed by atoms with Crippen LogP contribution in [0.25, 0.3) is 0 Å². The fraction of sp³-hybridized carbons (Fsp3) is 0.818. The van der Waals surface area contributed by atoms with Crippen LogP contribution in [-0.2, 0) is 14.3 Å². The van der Waals surface area contributed by atoms with Crippen molar-refractivity contribution in [3.8, 4) is 0 Å². The van der Waals surface area contributed by atoms with E-state index in [2.05, 4.69) is 10.1 Å². The number of hydrogen-bond acceptors (Lipinski definition) is 4. The summed E-state index contributed by atoms with van der Waals surface area (Å²) in [6.07, 6.45) is 1.86. The number of halogens is 1. The average Bonchev–Trinajstić information content (AvgIpc) is 2.28. The van der Waals surface area contributed by atoms with Gasteiger partial charge in [-0.15, -0.1) is 12.4 Å². The van der Waals surface area contributed by atoms with Gasteiger partial charge in [0.25, 0.3) is 0 Å². The molecule has 0 aliphatic heterocycles. The summed E-state index contributed by atoms with van der Waals surface area (Å²) in [4.78, 5) is 22.8. The van der Waals surface area contributed by atoms with E-state index in [-0.39, 0.29) is 37.1 Å². The Morgan fingerprint density at radius 2 is 1.82 bits per heavy atom. The molecule has 5 nitrogen and oxygen atoms in total. The molecule has 0 fully saturated rings. The minimum Gasteiger partial charge on any atom is -0.469 e. The summed E-state index contributed by atoms with van der Waals surface area (Å²) < 4.78 is 4.64. The molecule has 0 rings (SSSR count). The fourth-order valence-corrected chi connectivity index (χ4v) is 1.56. The van der Waals surface area contributed by atoms with E-state index >= 15 is 0 Å². The van der Waals surface area contributed by atoms with Gasteiger partial charge in [0.2, 0.25) is 5.91 Å². The molecule has 0 atom stereocenters. The number of methoxy groups -OCH3 is 1. The molecule has 0 aromatic rings. The number of rotatable bonds is 7. The van der Waals surface area contributed by atoms with Crippen molar-refractivity contribution < 1.29 is 14.3 Å². The predicted octanol–water partition coefficient (Wildman–Crippen LogP) is 0.995. The van der Waals surface area contributed by atoms with E-state index in [0.29, 0.717) is 19.4 Å². The second-order valence-corrected chi connectivity index (χ2v) is 3.83. The number of hydrogen-bond donors (Lipinski definition) is 2. The summed E-state index contributed by atoms with van der Waals surface area (Å²) >= 11 is 0. The molecule has 0 saturated carbocycles. The normalized spacial score (nSPS) is 10.4. The van der Waals surface area contributed by atoms with Crippen LogP contribution in [0.15, 0.2) is 0 Å². The van der Waals surface area contributed by atoms with Crippen molar-refractivity contribution in [2.45, 2.75) is 45.1 Å². The standard InChI is InChI=1S/C11H22N2O3.ClH/c1-4-11(5-2,8-10(15)16-3)13-9(14)6-7-12;/h4-8,12H2,1-3H3,(H,13,14);1H. The highest BCUT2D eigenvalue weighted by molar-refractivity contribution is 5.85. The van der Waals surface area contributed by atoms with Crippen molar-refractivity contribution in [3.05, 3.63) is 0 Å². The third-order valence-electron chi connectivity index (χ3n) is 2.84. The lowest BCUT2D eigenvalue weighted by molar-refractivity contribution is -0.142. The Labute approximate surface area is 109 Å². The molecule has 102 valence electrons. The lowest BCUT2D eigenvalue weighted by Gasteiger charge is -2.31. The van der Waals surface area contributed by atoms with Crippen molar-refractivity contribution in [2.75, 3.05) is 13.7 Å². The van der Waals surface area contributed by atoms with Crippen LogP contribution in [-0.4, -0.2) is 31.1 Å². The smallest absolute Gasteiger partial charge is 0.307 e. The van der Waals surface area contributed by atoms with Crippen LogP contribution < -0.4 is 11.1 Å². The van der Waals surface area contributed by atoms with Gasteiger partial charge in [-0.3, -0.25) is 9.59 Å². The highest BCUT2D eigenvalue weighted by Crippen LogP contribution is 2.20. The lowest BCUT2D eigenvalue weighted by Crippen LogP contribution is -2.49. The second kappa shape index (κ2) is 9.24. The number of nitrogens with two attached hydrogens (primary N) is 1. The van der Waals surface area contributed by atoms with Gasteiger partial charge in [0.15, 0.2) is 0 Å². The SMILES string of the molecule is CCC(CC)(CC(=O)OC)NC(=O)CCN.Cl. The Kier molecular flexibility index (Phi) is 10.1. The first-order chi connectivity index (χ1) is 7.53. The van der Waals surface area contributed by atoms with E-state index in [1.807, 2.05) is 13.8 Å². The van der Waals surface area contributed by atoms with Gasteiger partial charge in [-0.05, 0) is 12.8 Å². The van der Waals surface area contributed by atoms with Crippen LogP contribution in [0.5, 0.6) is 0 Å². The van der Waals surface area contributed by atoms with E-state index in [4.69, 9.17) is 5.73 Å². The van der Waals surface area contributed by atoms with Crippen molar-refractivity contribution in [3.63, 3.8) is 0 Å². The zero-order chi connectivity index (χ0) is 12.6. The van der Waals surface area contributed by atoms with Crippen LogP contribution in [0.2, 0.25) is 0 Å². The molecular weight excluding hydrogens is 244 g/mol. The quantitative estimate of drug-likeness (QED) is 0.674. The molecule has 17 heavy (non-hydrogen) atoms. The summed E-state index contributed by atoms with van der Waals surface area (Å²) in [5.41, 5.74) is 4.81. The highest BCUT2D eigenvalue weighted by atomic mass is 35.5. The van der Waals surface area contributed by atoms with Crippen LogP contribution in [0, 0.1) is 0 Å². The Bertz CT molecular complexity index is 243. The van der Waals surface area contributed by atoms with Crippen molar-refractivity contribution in [1.82, 2.24) is 5.32 Å². The maximum atomic E-state index is 11.5. The van der Waals surface area contributed by atoms with E-state index in [9.17, 15) is 9.59 Å². The fourth-order valence-electron chi connectivity index (χ4n) is 1.56. The van der Waals surface area contributed by atoms with E-state index in [1.165, 1.54) is 7.11 Å². The van der Waals surface area contributed by atoms with Gasteiger partial charge in [-0.25, -0.2) is 0 Å². The molecule has 0 unspecified atom stereocenters. The van der Waals surface area contributed by atoms with Gasteiger partial charge in [0.1, 0.15) is 0 Å². The molecule has 0 bridgehead atoms. The first-order valence-corrected chi connectivity index (χ1v) is 5.61.